The molecule has 3 heterocycles. The molecule has 1 aromatic carbocycles. The topological polar surface area (TPSA) is 44.1 Å². The highest BCUT2D eigenvalue weighted by atomic mass is 16.5. The second-order valence-corrected chi connectivity index (χ2v) is 5.57. The van der Waals surface area contributed by atoms with Gasteiger partial charge in [-0.1, -0.05) is 37.3 Å². The summed E-state index contributed by atoms with van der Waals surface area (Å²) >= 11 is 0. The van der Waals surface area contributed by atoms with Crippen LogP contribution in [0.1, 0.15) is 29.4 Å². The molecule has 1 atom stereocenters. The van der Waals surface area contributed by atoms with Gasteiger partial charge < -0.3 is 4.74 Å². The highest BCUT2D eigenvalue weighted by Gasteiger charge is 2.45. The van der Waals surface area contributed by atoms with E-state index in [0.717, 1.165) is 5.56 Å². The van der Waals surface area contributed by atoms with E-state index in [1.54, 1.807) is 10.8 Å². The maximum Gasteiger partial charge on any atom is 0.227 e. The molecule has 1 aliphatic heterocycles. The molecule has 0 N–H and O–H groups in total. The van der Waals surface area contributed by atoms with Crippen molar-refractivity contribution in [2.45, 2.75) is 18.9 Å². The normalized spacial score (nSPS) is 19.4. The van der Waals surface area contributed by atoms with Gasteiger partial charge in [-0.05, 0) is 30.7 Å². The van der Waals surface area contributed by atoms with Crippen LogP contribution in [-0.4, -0.2) is 15.3 Å². The number of aromatic nitrogens is 2. The maximum atomic E-state index is 13.3. The van der Waals surface area contributed by atoms with Gasteiger partial charge in [0, 0.05) is 18.0 Å². The van der Waals surface area contributed by atoms with Crippen LogP contribution in [0.3, 0.4) is 0 Å². The van der Waals surface area contributed by atoms with Gasteiger partial charge in [0.05, 0.1) is 5.69 Å². The average Bonchev–Trinajstić information content (AvgIpc) is 3.06. The van der Waals surface area contributed by atoms with E-state index in [9.17, 15) is 4.79 Å². The standard InChI is InChI=1S/C19H16N2O2/c1-2-19(14-8-4-3-5-9-14)17(22)15-10-7-13-21(15)18-16(23-19)11-6-12-20-18/h3-13H,2H2,1H3/t19-/m1/s1. The van der Waals surface area contributed by atoms with Gasteiger partial charge in [-0.25, -0.2) is 4.98 Å². The third-order valence-electron chi connectivity index (χ3n) is 4.35. The predicted molar refractivity (Wildman–Crippen MR) is 86.9 cm³/mol. The average molecular weight is 304 g/mol. The number of carbonyl (C=O) groups excluding carboxylic acids is 1. The van der Waals surface area contributed by atoms with Gasteiger partial charge in [0.2, 0.25) is 5.78 Å². The lowest BCUT2D eigenvalue weighted by Crippen LogP contribution is -2.41. The fourth-order valence-electron chi connectivity index (χ4n) is 3.17. The van der Waals surface area contributed by atoms with Crippen LogP contribution in [-0.2, 0) is 5.60 Å². The van der Waals surface area contributed by atoms with Crippen molar-refractivity contribution < 1.29 is 9.53 Å². The Labute approximate surface area is 134 Å². The molecule has 0 amide bonds. The first-order valence-corrected chi connectivity index (χ1v) is 7.68. The van der Waals surface area contributed by atoms with Gasteiger partial charge in [-0.2, -0.15) is 0 Å². The molecule has 0 radical (unpaired) electrons. The van der Waals surface area contributed by atoms with Crippen molar-refractivity contribution in [3.8, 4) is 11.6 Å². The minimum Gasteiger partial charge on any atom is -0.470 e. The Morgan fingerprint density at radius 3 is 2.70 bits per heavy atom. The molecule has 0 bridgehead atoms. The largest absolute Gasteiger partial charge is 0.470 e. The second kappa shape index (κ2) is 5.09. The van der Waals surface area contributed by atoms with Crippen LogP contribution in [0.4, 0.5) is 0 Å². The van der Waals surface area contributed by atoms with Crippen LogP contribution < -0.4 is 4.74 Å². The Kier molecular flexibility index (Phi) is 3.05. The van der Waals surface area contributed by atoms with Crippen molar-refractivity contribution in [3.05, 3.63) is 78.2 Å². The summed E-state index contributed by atoms with van der Waals surface area (Å²) in [5.41, 5.74) is 0.413. The molecular formula is C19H16N2O2. The molecule has 2 aromatic heterocycles. The number of nitrogens with zero attached hydrogens (tertiary/aromatic N) is 2. The maximum absolute atomic E-state index is 13.3. The first-order chi connectivity index (χ1) is 11.3. The summed E-state index contributed by atoms with van der Waals surface area (Å²) in [5.74, 6) is 1.21. The zero-order valence-corrected chi connectivity index (χ0v) is 12.8. The summed E-state index contributed by atoms with van der Waals surface area (Å²) < 4.78 is 8.10. The zero-order chi connectivity index (χ0) is 15.9. The van der Waals surface area contributed by atoms with Crippen molar-refractivity contribution in [2.75, 3.05) is 0 Å². The van der Waals surface area contributed by atoms with Crippen molar-refractivity contribution in [3.63, 3.8) is 0 Å². The highest BCUT2D eigenvalue weighted by Crippen LogP contribution is 2.40. The van der Waals surface area contributed by atoms with Crippen LogP contribution in [0.25, 0.3) is 5.82 Å². The molecule has 1 aliphatic rings. The molecule has 0 unspecified atom stereocenters. The van der Waals surface area contributed by atoms with E-state index in [-0.39, 0.29) is 5.78 Å². The molecule has 0 saturated carbocycles. The van der Waals surface area contributed by atoms with Gasteiger partial charge in [0.15, 0.2) is 17.2 Å². The number of benzene rings is 1. The van der Waals surface area contributed by atoms with Crippen molar-refractivity contribution >= 4 is 5.78 Å². The van der Waals surface area contributed by atoms with E-state index in [4.69, 9.17) is 4.74 Å². The molecular weight excluding hydrogens is 288 g/mol. The third kappa shape index (κ3) is 1.91. The quantitative estimate of drug-likeness (QED) is 0.724. The first kappa shape index (κ1) is 13.8. The lowest BCUT2D eigenvalue weighted by atomic mass is 9.85. The summed E-state index contributed by atoms with van der Waals surface area (Å²) in [7, 11) is 0. The number of ketones is 1. The molecule has 4 heteroatoms. The number of carbonyl (C=O) groups is 1. The van der Waals surface area contributed by atoms with E-state index in [0.29, 0.717) is 23.7 Å². The minimum absolute atomic E-state index is 0.0470. The number of fused-ring (bicyclic) bond motifs is 3. The molecule has 4 rings (SSSR count). The Bertz CT molecular complexity index is 870. The zero-order valence-electron chi connectivity index (χ0n) is 12.8. The van der Waals surface area contributed by atoms with E-state index in [1.807, 2.05) is 67.7 Å². The Balaban J connectivity index is 2.02. The Hall–Kier alpha value is -2.88. The number of pyridine rings is 1. The molecule has 4 nitrogen and oxygen atoms in total. The minimum atomic E-state index is -1.04. The van der Waals surface area contributed by atoms with Gasteiger partial charge in [0.1, 0.15) is 0 Å². The van der Waals surface area contributed by atoms with Crippen LogP contribution in [0.2, 0.25) is 0 Å². The van der Waals surface area contributed by atoms with E-state index < -0.39 is 5.60 Å². The number of ether oxygens (including phenoxy) is 1. The number of hydrogen-bond donors (Lipinski definition) is 0. The first-order valence-electron chi connectivity index (χ1n) is 7.68. The number of Topliss-reactive ketones (excluding diaryl/α,β-unsaturated/α-hetero) is 1. The third-order valence-corrected chi connectivity index (χ3v) is 4.35. The van der Waals surface area contributed by atoms with E-state index >= 15 is 0 Å². The Morgan fingerprint density at radius 1 is 1.09 bits per heavy atom. The predicted octanol–water partition coefficient (Wildman–Crippen LogP) is 3.75. The fourth-order valence-corrected chi connectivity index (χ4v) is 3.17. The highest BCUT2D eigenvalue weighted by molar-refractivity contribution is 6.03. The van der Waals surface area contributed by atoms with Crippen LogP contribution in [0.15, 0.2) is 67.0 Å². The lowest BCUT2D eigenvalue weighted by molar-refractivity contribution is 0.0423. The van der Waals surface area contributed by atoms with Crippen molar-refractivity contribution in [2.24, 2.45) is 0 Å². The molecule has 0 fully saturated rings. The molecule has 0 saturated heterocycles. The van der Waals surface area contributed by atoms with Gasteiger partial charge in [-0.3, -0.25) is 9.36 Å². The summed E-state index contributed by atoms with van der Waals surface area (Å²) in [4.78, 5) is 17.8. The summed E-state index contributed by atoms with van der Waals surface area (Å²) in [6, 6.07) is 17.0. The second-order valence-electron chi connectivity index (χ2n) is 5.57. The molecule has 23 heavy (non-hydrogen) atoms. The van der Waals surface area contributed by atoms with Gasteiger partial charge in [0.25, 0.3) is 0 Å². The molecule has 0 spiro atoms. The van der Waals surface area contributed by atoms with Crippen LogP contribution in [0.5, 0.6) is 5.75 Å². The molecule has 114 valence electrons. The van der Waals surface area contributed by atoms with Crippen LogP contribution in [0, 0.1) is 0 Å². The summed E-state index contributed by atoms with van der Waals surface area (Å²) in [6.45, 7) is 1.97. The Morgan fingerprint density at radius 2 is 1.91 bits per heavy atom. The van der Waals surface area contributed by atoms with Crippen molar-refractivity contribution in [1.29, 1.82) is 0 Å². The number of hydrogen-bond acceptors (Lipinski definition) is 3. The lowest BCUT2D eigenvalue weighted by Gasteiger charge is -2.31. The van der Waals surface area contributed by atoms with E-state index in [1.165, 1.54) is 0 Å². The van der Waals surface area contributed by atoms with Crippen LogP contribution >= 0.6 is 0 Å². The summed E-state index contributed by atoms with van der Waals surface area (Å²) in [5, 5.41) is 0. The number of rotatable bonds is 2. The smallest absolute Gasteiger partial charge is 0.227 e. The molecule has 3 aromatic rings. The van der Waals surface area contributed by atoms with Crippen molar-refractivity contribution in [1.82, 2.24) is 9.55 Å². The monoisotopic (exact) mass is 304 g/mol. The van der Waals surface area contributed by atoms with Gasteiger partial charge in [-0.15, -0.1) is 0 Å². The SMILES string of the molecule is CC[C@]1(c2ccccc2)Oc2cccnc2-n2cccc2C1=O. The molecule has 0 aliphatic carbocycles. The fraction of sp³-hybridized carbons (Fsp3) is 0.158. The van der Waals surface area contributed by atoms with Gasteiger partial charge >= 0.3 is 0 Å². The van der Waals surface area contributed by atoms with E-state index in [2.05, 4.69) is 4.98 Å². The summed E-state index contributed by atoms with van der Waals surface area (Å²) in [6.07, 6.45) is 4.09.